The van der Waals surface area contributed by atoms with Gasteiger partial charge in [-0.3, -0.25) is 9.36 Å². The highest BCUT2D eigenvalue weighted by Gasteiger charge is 2.08. The fourth-order valence-corrected chi connectivity index (χ4v) is 2.34. The molecule has 0 bridgehead atoms. The summed E-state index contributed by atoms with van der Waals surface area (Å²) in [5.74, 6) is 0. The van der Waals surface area contributed by atoms with E-state index in [1.807, 2.05) is 30.3 Å². The van der Waals surface area contributed by atoms with Crippen LogP contribution in [-0.2, 0) is 6.54 Å². The van der Waals surface area contributed by atoms with Crippen LogP contribution in [0.4, 0.5) is 8.78 Å². The van der Waals surface area contributed by atoms with E-state index in [-0.39, 0.29) is 17.7 Å². The van der Waals surface area contributed by atoms with Crippen molar-refractivity contribution in [2.24, 2.45) is 0 Å². The Balaban J connectivity index is 1.87. The SMILES string of the molecule is O=c1cc(-c2ccccc2)ncn1Cc1cccc(C(F)F)c1. The van der Waals surface area contributed by atoms with Gasteiger partial charge in [-0.2, -0.15) is 0 Å². The highest BCUT2D eigenvalue weighted by atomic mass is 19.3. The van der Waals surface area contributed by atoms with Crippen LogP contribution in [0.25, 0.3) is 11.3 Å². The zero-order valence-corrected chi connectivity index (χ0v) is 12.2. The lowest BCUT2D eigenvalue weighted by Gasteiger charge is -2.08. The average molecular weight is 312 g/mol. The number of aromatic nitrogens is 2. The summed E-state index contributed by atoms with van der Waals surface area (Å²) in [5, 5.41) is 0. The normalized spacial score (nSPS) is 10.9. The molecule has 0 saturated carbocycles. The van der Waals surface area contributed by atoms with Gasteiger partial charge in [-0.05, 0) is 11.6 Å². The number of halogens is 2. The van der Waals surface area contributed by atoms with Gasteiger partial charge in [-0.15, -0.1) is 0 Å². The maximum atomic E-state index is 12.7. The quantitative estimate of drug-likeness (QED) is 0.732. The first-order chi connectivity index (χ1) is 11.1. The topological polar surface area (TPSA) is 34.9 Å². The minimum Gasteiger partial charge on any atom is -0.295 e. The Bertz CT molecular complexity index is 860. The Morgan fingerprint density at radius 3 is 2.48 bits per heavy atom. The van der Waals surface area contributed by atoms with Gasteiger partial charge in [-0.25, -0.2) is 13.8 Å². The third-order valence-electron chi connectivity index (χ3n) is 3.50. The van der Waals surface area contributed by atoms with Crippen LogP contribution in [0.2, 0.25) is 0 Å². The largest absolute Gasteiger partial charge is 0.295 e. The van der Waals surface area contributed by atoms with Gasteiger partial charge in [0.1, 0.15) is 0 Å². The van der Waals surface area contributed by atoms with E-state index < -0.39 is 6.43 Å². The van der Waals surface area contributed by atoms with Crippen LogP contribution in [0, 0.1) is 0 Å². The van der Waals surface area contributed by atoms with E-state index in [1.165, 1.54) is 29.1 Å². The maximum Gasteiger partial charge on any atom is 0.263 e. The minimum atomic E-state index is -2.52. The molecule has 0 N–H and O–H groups in total. The third-order valence-corrected chi connectivity index (χ3v) is 3.50. The van der Waals surface area contributed by atoms with Gasteiger partial charge >= 0.3 is 0 Å². The molecular formula is C18H14F2N2O. The molecule has 2 aromatic carbocycles. The van der Waals surface area contributed by atoms with Crippen molar-refractivity contribution in [2.45, 2.75) is 13.0 Å². The van der Waals surface area contributed by atoms with Gasteiger partial charge in [0.2, 0.25) is 0 Å². The summed E-state index contributed by atoms with van der Waals surface area (Å²) in [4.78, 5) is 16.5. The van der Waals surface area contributed by atoms with Gasteiger partial charge in [-0.1, -0.05) is 48.5 Å². The van der Waals surface area contributed by atoms with E-state index in [4.69, 9.17) is 0 Å². The molecule has 0 saturated heterocycles. The van der Waals surface area contributed by atoms with E-state index in [0.717, 1.165) is 5.56 Å². The summed E-state index contributed by atoms with van der Waals surface area (Å²) in [6.07, 6.45) is -1.08. The molecule has 0 radical (unpaired) electrons. The predicted octanol–water partition coefficient (Wildman–Crippen LogP) is 3.90. The molecule has 3 rings (SSSR count). The molecule has 116 valence electrons. The fourth-order valence-electron chi connectivity index (χ4n) is 2.34. The van der Waals surface area contributed by atoms with Crippen LogP contribution >= 0.6 is 0 Å². The second kappa shape index (κ2) is 6.52. The Labute approximate surface area is 131 Å². The molecule has 0 spiro atoms. The molecule has 0 aliphatic rings. The van der Waals surface area contributed by atoms with Crippen molar-refractivity contribution in [3.05, 3.63) is 88.5 Å². The first-order valence-corrected chi connectivity index (χ1v) is 7.12. The van der Waals surface area contributed by atoms with Gasteiger partial charge in [0, 0.05) is 17.2 Å². The first-order valence-electron chi connectivity index (χ1n) is 7.12. The monoisotopic (exact) mass is 312 g/mol. The van der Waals surface area contributed by atoms with Crippen LogP contribution in [0.1, 0.15) is 17.6 Å². The lowest BCUT2D eigenvalue weighted by molar-refractivity contribution is 0.151. The summed E-state index contributed by atoms with van der Waals surface area (Å²) < 4.78 is 26.8. The second-order valence-corrected chi connectivity index (χ2v) is 5.15. The van der Waals surface area contributed by atoms with Crippen molar-refractivity contribution in [3.8, 4) is 11.3 Å². The summed E-state index contributed by atoms with van der Waals surface area (Å²) in [6, 6.07) is 16.9. The molecule has 1 aromatic heterocycles. The lowest BCUT2D eigenvalue weighted by Crippen LogP contribution is -2.20. The molecule has 3 aromatic rings. The molecule has 3 nitrogen and oxygen atoms in total. The fraction of sp³-hybridized carbons (Fsp3) is 0.111. The number of alkyl halides is 2. The zero-order valence-electron chi connectivity index (χ0n) is 12.2. The van der Waals surface area contributed by atoms with Crippen molar-refractivity contribution in [1.29, 1.82) is 0 Å². The van der Waals surface area contributed by atoms with Crippen molar-refractivity contribution < 1.29 is 8.78 Å². The van der Waals surface area contributed by atoms with Crippen LogP contribution in [-0.4, -0.2) is 9.55 Å². The Morgan fingerprint density at radius 2 is 1.78 bits per heavy atom. The number of rotatable bonds is 4. The molecular weight excluding hydrogens is 298 g/mol. The van der Waals surface area contributed by atoms with E-state index in [2.05, 4.69) is 4.98 Å². The summed E-state index contributed by atoms with van der Waals surface area (Å²) in [5.41, 5.74) is 1.81. The van der Waals surface area contributed by atoms with E-state index >= 15 is 0 Å². The Kier molecular flexibility index (Phi) is 4.28. The Hall–Kier alpha value is -2.82. The van der Waals surface area contributed by atoms with Crippen LogP contribution < -0.4 is 5.56 Å². The van der Waals surface area contributed by atoms with Gasteiger partial charge in [0.25, 0.3) is 12.0 Å². The first kappa shape index (κ1) is 15.1. The highest BCUT2D eigenvalue weighted by Crippen LogP contribution is 2.20. The van der Waals surface area contributed by atoms with Crippen molar-refractivity contribution in [3.63, 3.8) is 0 Å². The molecule has 0 unspecified atom stereocenters. The van der Waals surface area contributed by atoms with Crippen LogP contribution in [0.3, 0.4) is 0 Å². The summed E-state index contributed by atoms with van der Waals surface area (Å²) in [7, 11) is 0. The smallest absolute Gasteiger partial charge is 0.263 e. The average Bonchev–Trinajstić information content (AvgIpc) is 2.58. The molecule has 5 heteroatoms. The van der Waals surface area contributed by atoms with Crippen molar-refractivity contribution in [2.75, 3.05) is 0 Å². The van der Waals surface area contributed by atoms with E-state index in [9.17, 15) is 13.6 Å². The standard InChI is InChI=1S/C18H14F2N2O/c19-18(20)15-8-4-5-13(9-15)11-22-12-21-16(10-17(22)23)14-6-2-1-3-7-14/h1-10,12,18H,11H2. The van der Waals surface area contributed by atoms with E-state index in [1.54, 1.807) is 12.1 Å². The number of hydrogen-bond acceptors (Lipinski definition) is 2. The highest BCUT2D eigenvalue weighted by molar-refractivity contribution is 5.57. The molecule has 0 fully saturated rings. The lowest BCUT2D eigenvalue weighted by atomic mass is 10.1. The second-order valence-electron chi connectivity index (χ2n) is 5.15. The van der Waals surface area contributed by atoms with Gasteiger partial charge < -0.3 is 0 Å². The number of benzene rings is 2. The van der Waals surface area contributed by atoms with Crippen LogP contribution in [0.5, 0.6) is 0 Å². The third kappa shape index (κ3) is 3.51. The molecule has 1 heterocycles. The van der Waals surface area contributed by atoms with Crippen molar-refractivity contribution in [1.82, 2.24) is 9.55 Å². The summed E-state index contributed by atoms with van der Waals surface area (Å²) in [6.45, 7) is 0.210. The molecule has 0 atom stereocenters. The molecule has 0 aliphatic carbocycles. The zero-order chi connectivity index (χ0) is 16.2. The molecule has 0 aliphatic heterocycles. The molecule has 23 heavy (non-hydrogen) atoms. The molecule has 0 amide bonds. The Morgan fingerprint density at radius 1 is 1.00 bits per heavy atom. The van der Waals surface area contributed by atoms with Crippen LogP contribution in [0.15, 0.2) is 71.8 Å². The van der Waals surface area contributed by atoms with Gasteiger partial charge in [0.05, 0.1) is 18.6 Å². The summed E-state index contributed by atoms with van der Waals surface area (Å²) >= 11 is 0. The number of hydrogen-bond donors (Lipinski definition) is 0. The number of nitrogens with zero attached hydrogens (tertiary/aromatic N) is 2. The van der Waals surface area contributed by atoms with Gasteiger partial charge in [0.15, 0.2) is 0 Å². The van der Waals surface area contributed by atoms with Crippen molar-refractivity contribution >= 4 is 0 Å². The minimum absolute atomic E-state index is 0.0515. The predicted molar refractivity (Wildman–Crippen MR) is 84.4 cm³/mol. The maximum absolute atomic E-state index is 12.7. The van der Waals surface area contributed by atoms with E-state index in [0.29, 0.717) is 11.3 Å².